The minimum absolute atomic E-state index is 0.245. The predicted octanol–water partition coefficient (Wildman–Crippen LogP) is 1.80. The number of ether oxygens (including phenoxy) is 1. The first-order valence-corrected chi connectivity index (χ1v) is 10.5. The first kappa shape index (κ1) is 21.5. The van der Waals surface area contributed by atoms with Crippen LogP contribution in [-0.4, -0.2) is 51.2 Å². The quantitative estimate of drug-likeness (QED) is 0.605. The number of anilines is 2. The summed E-state index contributed by atoms with van der Waals surface area (Å²) in [5.74, 6) is 0.828. The molecule has 10 nitrogen and oxygen atoms in total. The van der Waals surface area contributed by atoms with E-state index in [4.69, 9.17) is 0 Å². The van der Waals surface area contributed by atoms with Crippen LogP contribution in [0.5, 0.6) is 0 Å². The Labute approximate surface area is 184 Å². The lowest BCUT2D eigenvalue weighted by Crippen LogP contribution is -2.39. The molecule has 1 amide bonds. The van der Waals surface area contributed by atoms with Crippen LogP contribution < -0.4 is 15.9 Å². The van der Waals surface area contributed by atoms with Crippen LogP contribution in [-0.2, 0) is 16.1 Å². The van der Waals surface area contributed by atoms with Crippen molar-refractivity contribution in [2.75, 3.05) is 30.4 Å². The van der Waals surface area contributed by atoms with Crippen LogP contribution in [0.1, 0.15) is 30.6 Å². The van der Waals surface area contributed by atoms with Crippen molar-refractivity contribution in [3.8, 4) is 0 Å². The van der Waals surface area contributed by atoms with Gasteiger partial charge >= 0.3 is 11.7 Å². The van der Waals surface area contributed by atoms with Crippen molar-refractivity contribution in [1.29, 1.82) is 0 Å². The Kier molecular flexibility index (Phi) is 5.93. The molecular formula is C22H26N6O4. The molecule has 168 valence electrons. The highest BCUT2D eigenvalue weighted by Crippen LogP contribution is 2.26. The standard InChI is InChI=1S/C22H26N6O4/c1-14-10-15(2)12-26(11-14)19-20-25-28(22(31)27(20)9-8-23-19)13-18(29)24-17-6-4-16(5-7-17)21(30)32-3/h4-9,14-15H,10-13H2,1-3H3,(H,24,29). The number of fused-ring (bicyclic) bond motifs is 1. The average Bonchev–Trinajstić information content (AvgIpc) is 3.08. The Morgan fingerprint density at radius 1 is 1.16 bits per heavy atom. The molecule has 0 bridgehead atoms. The van der Waals surface area contributed by atoms with E-state index < -0.39 is 17.6 Å². The van der Waals surface area contributed by atoms with E-state index in [1.807, 2.05) is 0 Å². The molecule has 2 aromatic heterocycles. The van der Waals surface area contributed by atoms with E-state index in [1.54, 1.807) is 36.7 Å². The van der Waals surface area contributed by atoms with Crippen LogP contribution in [0.3, 0.4) is 0 Å². The highest BCUT2D eigenvalue weighted by atomic mass is 16.5. The molecule has 10 heteroatoms. The molecule has 1 aliphatic heterocycles. The van der Waals surface area contributed by atoms with Crippen molar-refractivity contribution in [1.82, 2.24) is 19.2 Å². The largest absolute Gasteiger partial charge is 0.465 e. The Hall–Kier alpha value is -3.69. The van der Waals surface area contributed by atoms with Crippen LogP contribution in [0.2, 0.25) is 0 Å². The molecule has 1 aliphatic rings. The lowest BCUT2D eigenvalue weighted by molar-refractivity contribution is -0.117. The van der Waals surface area contributed by atoms with Gasteiger partial charge in [-0.3, -0.25) is 4.79 Å². The smallest absolute Gasteiger partial charge is 0.350 e. The molecule has 4 rings (SSSR count). The fraction of sp³-hybridized carbons (Fsp3) is 0.409. The van der Waals surface area contributed by atoms with E-state index in [-0.39, 0.29) is 6.54 Å². The highest BCUT2D eigenvalue weighted by Gasteiger charge is 2.26. The summed E-state index contributed by atoms with van der Waals surface area (Å²) in [4.78, 5) is 43.5. The predicted molar refractivity (Wildman–Crippen MR) is 119 cm³/mol. The molecule has 1 saturated heterocycles. The van der Waals surface area contributed by atoms with Gasteiger partial charge in [0.1, 0.15) is 6.54 Å². The summed E-state index contributed by atoms with van der Waals surface area (Å²) in [5, 5.41) is 7.12. The SMILES string of the molecule is COC(=O)c1ccc(NC(=O)Cn2nc3c(N4CC(C)CC(C)C4)nccn3c2=O)cc1. The van der Waals surface area contributed by atoms with Crippen LogP contribution in [0.4, 0.5) is 11.5 Å². The zero-order valence-corrected chi connectivity index (χ0v) is 18.3. The number of nitrogens with zero attached hydrogens (tertiary/aromatic N) is 5. The third-order valence-electron chi connectivity index (χ3n) is 5.53. The number of amides is 1. The van der Waals surface area contributed by atoms with Crippen molar-refractivity contribution in [2.24, 2.45) is 11.8 Å². The minimum atomic E-state index is -0.457. The Morgan fingerprint density at radius 3 is 2.50 bits per heavy atom. The number of methoxy groups -OCH3 is 1. The van der Waals surface area contributed by atoms with E-state index in [1.165, 1.54) is 11.5 Å². The number of benzene rings is 1. The number of esters is 1. The maximum atomic E-state index is 12.8. The average molecular weight is 438 g/mol. The fourth-order valence-electron chi connectivity index (χ4n) is 4.24. The second kappa shape index (κ2) is 8.81. The molecule has 1 fully saturated rings. The number of hydrogen-bond donors (Lipinski definition) is 1. The normalized spacial score (nSPS) is 18.5. The van der Waals surface area contributed by atoms with Gasteiger partial charge in [-0.1, -0.05) is 13.8 Å². The van der Waals surface area contributed by atoms with Gasteiger partial charge in [0.15, 0.2) is 5.82 Å². The summed E-state index contributed by atoms with van der Waals surface area (Å²) < 4.78 is 7.22. The summed E-state index contributed by atoms with van der Waals surface area (Å²) in [6.07, 6.45) is 4.30. The lowest BCUT2D eigenvalue weighted by atomic mass is 9.92. The van der Waals surface area contributed by atoms with E-state index in [2.05, 4.69) is 38.9 Å². The van der Waals surface area contributed by atoms with Gasteiger partial charge in [0.05, 0.1) is 12.7 Å². The van der Waals surface area contributed by atoms with E-state index in [0.717, 1.165) is 24.2 Å². The molecule has 3 aromatic rings. The molecule has 32 heavy (non-hydrogen) atoms. The van der Waals surface area contributed by atoms with Crippen molar-refractivity contribution in [2.45, 2.75) is 26.8 Å². The van der Waals surface area contributed by atoms with Gasteiger partial charge in [0.2, 0.25) is 11.6 Å². The highest BCUT2D eigenvalue weighted by molar-refractivity contribution is 5.92. The van der Waals surface area contributed by atoms with Gasteiger partial charge in [-0.15, -0.1) is 5.10 Å². The minimum Gasteiger partial charge on any atom is -0.465 e. The summed E-state index contributed by atoms with van der Waals surface area (Å²) in [6.45, 7) is 5.86. The third-order valence-corrected chi connectivity index (χ3v) is 5.53. The molecule has 0 spiro atoms. The molecule has 0 saturated carbocycles. The zero-order valence-electron chi connectivity index (χ0n) is 18.3. The van der Waals surface area contributed by atoms with Crippen LogP contribution >= 0.6 is 0 Å². The van der Waals surface area contributed by atoms with Crippen molar-refractivity contribution < 1.29 is 14.3 Å². The van der Waals surface area contributed by atoms with Crippen molar-refractivity contribution in [3.63, 3.8) is 0 Å². The Morgan fingerprint density at radius 2 is 1.84 bits per heavy atom. The molecule has 2 atom stereocenters. The maximum Gasteiger partial charge on any atom is 0.350 e. The van der Waals surface area contributed by atoms with Gasteiger partial charge < -0.3 is 15.0 Å². The summed E-state index contributed by atoms with van der Waals surface area (Å²) in [6, 6.07) is 6.29. The van der Waals surface area contributed by atoms with E-state index in [0.29, 0.717) is 34.6 Å². The zero-order chi connectivity index (χ0) is 22.8. The molecule has 3 heterocycles. The monoisotopic (exact) mass is 438 g/mol. The van der Waals surface area contributed by atoms with Crippen molar-refractivity contribution >= 4 is 29.0 Å². The maximum absolute atomic E-state index is 12.8. The second-order valence-corrected chi connectivity index (χ2v) is 8.35. The Balaban J connectivity index is 1.53. The molecule has 2 unspecified atom stereocenters. The summed E-state index contributed by atoms with van der Waals surface area (Å²) in [7, 11) is 1.30. The fourth-order valence-corrected chi connectivity index (χ4v) is 4.24. The third kappa shape index (κ3) is 4.34. The van der Waals surface area contributed by atoms with E-state index in [9.17, 15) is 14.4 Å². The van der Waals surface area contributed by atoms with Crippen LogP contribution in [0, 0.1) is 11.8 Å². The van der Waals surface area contributed by atoms with Gasteiger partial charge in [0, 0.05) is 31.2 Å². The van der Waals surface area contributed by atoms with Gasteiger partial charge in [-0.2, -0.15) is 0 Å². The molecular weight excluding hydrogens is 412 g/mol. The molecule has 1 aromatic carbocycles. The van der Waals surface area contributed by atoms with Crippen molar-refractivity contribution in [3.05, 3.63) is 52.7 Å². The number of hydrogen-bond acceptors (Lipinski definition) is 7. The number of carbonyl (C=O) groups excluding carboxylic acids is 2. The van der Waals surface area contributed by atoms with Gasteiger partial charge in [-0.25, -0.2) is 23.7 Å². The number of carbonyl (C=O) groups is 2. The first-order valence-electron chi connectivity index (χ1n) is 10.5. The number of piperidine rings is 1. The molecule has 0 radical (unpaired) electrons. The summed E-state index contributed by atoms with van der Waals surface area (Å²) in [5.41, 5.74) is 0.911. The number of rotatable bonds is 5. The number of aromatic nitrogens is 4. The topological polar surface area (TPSA) is 111 Å². The lowest BCUT2D eigenvalue weighted by Gasteiger charge is -2.35. The van der Waals surface area contributed by atoms with E-state index >= 15 is 0 Å². The van der Waals surface area contributed by atoms with Crippen LogP contribution in [0.25, 0.3) is 5.65 Å². The molecule has 0 aliphatic carbocycles. The Bertz CT molecular complexity index is 1190. The molecule has 1 N–H and O–H groups in total. The van der Waals surface area contributed by atoms with Crippen LogP contribution in [0.15, 0.2) is 41.5 Å². The summed E-state index contributed by atoms with van der Waals surface area (Å²) >= 11 is 0. The van der Waals surface area contributed by atoms with Gasteiger partial charge in [0.25, 0.3) is 0 Å². The number of nitrogens with one attached hydrogen (secondary N) is 1. The first-order chi connectivity index (χ1) is 15.4. The van der Waals surface area contributed by atoms with Gasteiger partial charge in [-0.05, 0) is 42.5 Å². The second-order valence-electron chi connectivity index (χ2n) is 8.35.